The summed E-state index contributed by atoms with van der Waals surface area (Å²) in [6.45, 7) is 7.55. The molecule has 2 bridgehead atoms. The number of aliphatic hydroxyl groups is 14. The summed E-state index contributed by atoms with van der Waals surface area (Å²) in [5.41, 5.74) is 6.10. The van der Waals surface area contributed by atoms with Crippen molar-refractivity contribution in [3.8, 4) is 0 Å². The van der Waals surface area contributed by atoms with Gasteiger partial charge in [0.15, 0.2) is 12.1 Å². The molecule has 3 rings (SSSR count). The standard InChI is InChI=1S/C54H88N2O20/c1-6-38(60)49(68)50(69)42(64)29-56-52(71)45-41(63)28-54(72)27-36(59)24-40(62)39(61)22-21-34(57)23-35(58)25-44(65)73-32(4)31(3)47(66)30(2)19-17-15-13-11-9-7-8-10-12-14-16-18-20-37(26-43(45)76-54)75-53-51(70)46(55)48(67)33(5)74-53/h7-20,30-43,45-51,53,57-64,66-70,72H,6,21-29,55H2,1-5H3,(H,56,71)/b8-7+,11-9+,12-10+,15-13+,16-14+,19-17+,20-18+/t30-,31?,32-,33+,34+,35+,36-,37-,38?,39+,40+,41-,42?,43?,45?,46-,47+,48+,49?,50?,51-,53?,54+/m0/s1. The molecule has 76 heavy (non-hydrogen) atoms. The number of hydrogen-bond donors (Lipinski definition) is 16. The van der Waals surface area contributed by atoms with Crippen molar-refractivity contribution in [3.63, 3.8) is 0 Å². The van der Waals surface area contributed by atoms with E-state index in [1.807, 2.05) is 13.0 Å². The topological polar surface area (TPSA) is 392 Å². The Morgan fingerprint density at radius 1 is 0.684 bits per heavy atom. The number of carbonyl (C=O) groups excluding carboxylic acids is 2. The number of aliphatic hydroxyl groups excluding tert-OH is 13. The Morgan fingerprint density at radius 2 is 1.25 bits per heavy atom. The van der Waals surface area contributed by atoms with Crippen molar-refractivity contribution in [3.05, 3.63) is 85.1 Å². The van der Waals surface area contributed by atoms with Crippen molar-refractivity contribution in [2.75, 3.05) is 6.54 Å². The molecular weight excluding hydrogens is 997 g/mol. The first-order valence-corrected chi connectivity index (χ1v) is 26.3. The molecule has 0 radical (unpaired) electrons. The van der Waals surface area contributed by atoms with Gasteiger partial charge in [0.25, 0.3) is 0 Å². The van der Waals surface area contributed by atoms with Gasteiger partial charge in [0.2, 0.25) is 5.91 Å². The lowest BCUT2D eigenvalue weighted by molar-refractivity contribution is -0.307. The molecule has 2 saturated heterocycles. The van der Waals surface area contributed by atoms with E-state index in [-0.39, 0.29) is 31.6 Å². The predicted molar refractivity (Wildman–Crippen MR) is 277 cm³/mol. The van der Waals surface area contributed by atoms with Gasteiger partial charge in [-0.15, -0.1) is 0 Å². The highest BCUT2D eigenvalue weighted by atomic mass is 16.7. The minimum absolute atomic E-state index is 0.0388. The van der Waals surface area contributed by atoms with Crippen LogP contribution in [0.3, 0.4) is 0 Å². The third kappa shape index (κ3) is 21.9. The number of fused-ring (bicyclic) bond motifs is 2. The van der Waals surface area contributed by atoms with E-state index in [9.17, 15) is 81.1 Å². The number of ether oxygens (including phenoxy) is 4. The average Bonchev–Trinajstić information content (AvgIpc) is 3.35. The first kappa shape index (κ1) is 66.7. The smallest absolute Gasteiger partial charge is 0.308 e. The molecule has 1 amide bonds. The van der Waals surface area contributed by atoms with Crippen molar-refractivity contribution in [1.82, 2.24) is 5.32 Å². The highest BCUT2D eigenvalue weighted by Gasteiger charge is 2.51. The highest BCUT2D eigenvalue weighted by Crippen LogP contribution is 2.38. The lowest BCUT2D eigenvalue weighted by atomic mass is 9.82. The quantitative estimate of drug-likeness (QED) is 0.118. The molecule has 3 aliphatic rings. The van der Waals surface area contributed by atoms with Crippen molar-refractivity contribution in [1.29, 1.82) is 0 Å². The highest BCUT2D eigenvalue weighted by molar-refractivity contribution is 5.80. The molecule has 2 fully saturated rings. The molecule has 17 N–H and O–H groups in total. The summed E-state index contributed by atoms with van der Waals surface area (Å²) in [5, 5.41) is 154. The maximum Gasteiger partial charge on any atom is 0.308 e. The van der Waals surface area contributed by atoms with Crippen LogP contribution in [0.25, 0.3) is 0 Å². The zero-order valence-electron chi connectivity index (χ0n) is 44.1. The third-order valence-corrected chi connectivity index (χ3v) is 14.1. The van der Waals surface area contributed by atoms with Crippen LogP contribution in [0.15, 0.2) is 85.1 Å². The molecule has 22 heteroatoms. The van der Waals surface area contributed by atoms with Crippen LogP contribution < -0.4 is 11.1 Å². The summed E-state index contributed by atoms with van der Waals surface area (Å²) in [6.07, 6.45) is -4.77. The largest absolute Gasteiger partial charge is 0.462 e. The van der Waals surface area contributed by atoms with Crippen LogP contribution in [0, 0.1) is 17.8 Å². The summed E-state index contributed by atoms with van der Waals surface area (Å²) >= 11 is 0. The van der Waals surface area contributed by atoms with Crippen molar-refractivity contribution < 1.29 is 100 Å². The summed E-state index contributed by atoms with van der Waals surface area (Å²) < 4.78 is 23.6. The first-order valence-electron chi connectivity index (χ1n) is 26.3. The molecule has 23 atom stereocenters. The van der Waals surface area contributed by atoms with Gasteiger partial charge in [0.05, 0.1) is 97.7 Å². The number of carbonyl (C=O) groups is 2. The Hall–Kier alpha value is -3.60. The van der Waals surface area contributed by atoms with Gasteiger partial charge in [0.1, 0.15) is 24.4 Å². The molecule has 3 aliphatic heterocycles. The van der Waals surface area contributed by atoms with Gasteiger partial charge in [-0.3, -0.25) is 9.59 Å². The van der Waals surface area contributed by atoms with Gasteiger partial charge in [0, 0.05) is 44.1 Å². The number of nitrogens with two attached hydrogens (primary N) is 1. The third-order valence-electron chi connectivity index (χ3n) is 14.1. The lowest BCUT2D eigenvalue weighted by Gasteiger charge is -2.46. The molecule has 434 valence electrons. The molecule has 0 spiro atoms. The number of hydrogen-bond acceptors (Lipinski definition) is 21. The minimum atomic E-state index is -2.42. The first-order chi connectivity index (χ1) is 35.8. The fourth-order valence-electron chi connectivity index (χ4n) is 9.13. The normalized spacial score (nSPS) is 42.3. The van der Waals surface area contributed by atoms with Crippen LogP contribution in [0.4, 0.5) is 0 Å². The van der Waals surface area contributed by atoms with E-state index in [1.165, 1.54) is 19.9 Å². The molecule has 22 nitrogen and oxygen atoms in total. The SMILES string of the molecule is CCC(O)C(O)C(O)C(O)CNC(=O)C1C2C[C@@H](OC3O[C@H](C)[C@@H](O)[C@H](N)[C@@H]3O)/C=C/C=C/C=C/C=C/C=C/C=C/C=C/[C@H](C)[C@@H](O)C(C)[C@H](C)OC(=O)C[C@H](O)C[C@H](O)CC[C@@H](O)[C@H](O)C[C@H](O)C[C@](O)(C[C@@H]1O)O2. The second-order valence-corrected chi connectivity index (χ2v) is 20.5. The Balaban J connectivity index is 1.97. The van der Waals surface area contributed by atoms with Crippen LogP contribution in [-0.4, -0.2) is 212 Å². The predicted octanol–water partition coefficient (Wildman–Crippen LogP) is -1.40. The fraction of sp³-hybridized carbons (Fsp3) is 0.704. The van der Waals surface area contributed by atoms with Crippen LogP contribution in [0.5, 0.6) is 0 Å². The molecule has 0 aromatic carbocycles. The second kappa shape index (κ2) is 33.1. The van der Waals surface area contributed by atoms with E-state index < -0.39 is 184 Å². The van der Waals surface area contributed by atoms with Crippen molar-refractivity contribution in [2.45, 2.75) is 214 Å². The van der Waals surface area contributed by atoms with Gasteiger partial charge in [-0.2, -0.15) is 0 Å². The minimum Gasteiger partial charge on any atom is -0.462 e. The molecular formula is C54H88N2O20. The number of cyclic esters (lactones) is 1. The summed E-state index contributed by atoms with van der Waals surface area (Å²) in [5.74, 6) is -6.48. The van der Waals surface area contributed by atoms with Gasteiger partial charge >= 0.3 is 5.97 Å². The number of amides is 1. The number of esters is 1. The zero-order chi connectivity index (χ0) is 56.9. The monoisotopic (exact) mass is 1080 g/mol. The average molecular weight is 1090 g/mol. The van der Waals surface area contributed by atoms with Gasteiger partial charge in [-0.1, -0.05) is 106 Å². The van der Waals surface area contributed by atoms with Crippen LogP contribution in [-0.2, 0) is 28.5 Å². The van der Waals surface area contributed by atoms with Crippen LogP contribution >= 0.6 is 0 Å². The van der Waals surface area contributed by atoms with Gasteiger partial charge < -0.3 is 101 Å². The van der Waals surface area contributed by atoms with Gasteiger partial charge in [-0.25, -0.2) is 0 Å². The molecule has 0 aromatic rings. The summed E-state index contributed by atoms with van der Waals surface area (Å²) in [7, 11) is 0. The van der Waals surface area contributed by atoms with Crippen molar-refractivity contribution in [2.24, 2.45) is 23.5 Å². The van der Waals surface area contributed by atoms with E-state index in [0.29, 0.717) is 0 Å². The summed E-state index contributed by atoms with van der Waals surface area (Å²) in [4.78, 5) is 26.7. The van der Waals surface area contributed by atoms with Crippen LogP contribution in [0.2, 0.25) is 0 Å². The van der Waals surface area contributed by atoms with Gasteiger partial charge in [-0.05, 0) is 39.5 Å². The van der Waals surface area contributed by atoms with E-state index in [0.717, 1.165) is 0 Å². The molecule has 3 heterocycles. The number of nitrogens with one attached hydrogen (secondary N) is 1. The maximum absolute atomic E-state index is 14.0. The Bertz CT molecular complexity index is 1930. The summed E-state index contributed by atoms with van der Waals surface area (Å²) in [6, 6.07) is -1.21. The Labute approximate surface area is 445 Å². The number of rotatable bonds is 9. The second-order valence-electron chi connectivity index (χ2n) is 20.5. The van der Waals surface area contributed by atoms with E-state index in [2.05, 4.69) is 5.32 Å². The maximum atomic E-state index is 14.0. The zero-order valence-corrected chi connectivity index (χ0v) is 44.1. The Morgan fingerprint density at radius 3 is 1.84 bits per heavy atom. The molecule has 0 aromatic heterocycles. The van der Waals surface area contributed by atoms with Crippen LogP contribution in [0.1, 0.15) is 92.4 Å². The van der Waals surface area contributed by atoms with Crippen molar-refractivity contribution >= 4 is 11.9 Å². The van der Waals surface area contributed by atoms with E-state index in [1.54, 1.807) is 86.8 Å². The Kier molecular flexibility index (Phi) is 29.0. The molecule has 0 saturated carbocycles. The van der Waals surface area contributed by atoms with E-state index in [4.69, 9.17) is 24.7 Å². The molecule has 0 aliphatic carbocycles. The lowest BCUT2D eigenvalue weighted by Crippen LogP contribution is -2.62. The number of allylic oxidation sites excluding steroid dienone is 12. The van der Waals surface area contributed by atoms with E-state index >= 15 is 0 Å². The molecule has 8 unspecified atom stereocenters. The fourth-order valence-corrected chi connectivity index (χ4v) is 9.13.